The Labute approximate surface area is 163 Å². The van der Waals surface area contributed by atoms with E-state index in [9.17, 15) is 0 Å². The first-order valence-corrected chi connectivity index (χ1v) is 9.18. The van der Waals surface area contributed by atoms with Gasteiger partial charge in [-0.2, -0.15) is 5.10 Å². The lowest BCUT2D eigenvalue weighted by Gasteiger charge is -2.05. The van der Waals surface area contributed by atoms with Crippen molar-refractivity contribution in [2.24, 2.45) is 0 Å². The molecule has 0 bridgehead atoms. The van der Waals surface area contributed by atoms with Gasteiger partial charge in [0.25, 0.3) is 0 Å². The van der Waals surface area contributed by atoms with Crippen LogP contribution in [0.3, 0.4) is 0 Å². The molecule has 4 aromatic rings. The molecule has 0 saturated carbocycles. The lowest BCUT2D eigenvalue weighted by atomic mass is 10.1. The Morgan fingerprint density at radius 1 is 0.964 bits per heavy atom. The average Bonchev–Trinajstić information content (AvgIpc) is 3.21. The normalized spacial score (nSPS) is 10.9. The van der Waals surface area contributed by atoms with Crippen molar-refractivity contribution in [2.45, 2.75) is 19.9 Å². The number of aromatic nitrogens is 6. The number of hydrogen-bond donors (Lipinski definition) is 2. The zero-order chi connectivity index (χ0) is 19.2. The molecule has 4 rings (SSSR count). The summed E-state index contributed by atoms with van der Waals surface area (Å²) in [6.07, 6.45) is 7.97. The van der Waals surface area contributed by atoms with Gasteiger partial charge in [0, 0.05) is 61.0 Å². The molecule has 140 valence electrons. The predicted octanol–water partition coefficient (Wildman–Crippen LogP) is 2.96. The van der Waals surface area contributed by atoms with Gasteiger partial charge in [0.1, 0.15) is 5.82 Å². The summed E-state index contributed by atoms with van der Waals surface area (Å²) in [5.41, 5.74) is 4.24. The first-order valence-electron chi connectivity index (χ1n) is 9.18. The van der Waals surface area contributed by atoms with Crippen molar-refractivity contribution in [1.82, 2.24) is 35.5 Å². The Morgan fingerprint density at radius 3 is 2.57 bits per heavy atom. The molecule has 3 aromatic heterocycles. The first-order chi connectivity index (χ1) is 13.8. The van der Waals surface area contributed by atoms with E-state index < -0.39 is 0 Å². The van der Waals surface area contributed by atoms with Crippen LogP contribution in [0.2, 0.25) is 0 Å². The molecular formula is C21H21N7. The number of rotatable bonds is 7. The maximum atomic E-state index is 4.52. The number of H-pyrrole nitrogens is 1. The van der Waals surface area contributed by atoms with Gasteiger partial charge in [0.2, 0.25) is 0 Å². The highest BCUT2D eigenvalue weighted by molar-refractivity contribution is 5.55. The first kappa shape index (κ1) is 17.9. The van der Waals surface area contributed by atoms with Crippen molar-refractivity contribution in [3.05, 3.63) is 78.1 Å². The summed E-state index contributed by atoms with van der Waals surface area (Å²) in [6, 6.07) is 12.0. The molecule has 0 radical (unpaired) electrons. The highest BCUT2D eigenvalue weighted by atomic mass is 15.2. The van der Waals surface area contributed by atoms with Gasteiger partial charge in [0.05, 0.1) is 0 Å². The van der Waals surface area contributed by atoms with Crippen LogP contribution in [0, 0.1) is 6.92 Å². The minimum Gasteiger partial charge on any atom is -0.312 e. The largest absolute Gasteiger partial charge is 0.312 e. The molecule has 0 aliphatic heterocycles. The van der Waals surface area contributed by atoms with Crippen LogP contribution < -0.4 is 5.32 Å². The van der Waals surface area contributed by atoms with Crippen molar-refractivity contribution >= 4 is 0 Å². The van der Waals surface area contributed by atoms with Crippen molar-refractivity contribution in [2.75, 3.05) is 6.54 Å². The minimum absolute atomic E-state index is 0.692. The summed E-state index contributed by atoms with van der Waals surface area (Å²) in [7, 11) is 0. The molecule has 1 aromatic carbocycles. The molecule has 0 unspecified atom stereocenters. The quantitative estimate of drug-likeness (QED) is 0.485. The van der Waals surface area contributed by atoms with E-state index >= 15 is 0 Å². The third-order valence-electron chi connectivity index (χ3n) is 4.32. The van der Waals surface area contributed by atoms with Crippen LogP contribution in [0.1, 0.15) is 17.0 Å². The standard InChI is InChI=1S/C21H21N7/c1-15-3-2-4-18(11-15)20-24-13-16(14-25-20)12-23-10-7-19-26-21(28-27-19)17-5-8-22-9-6-17/h2-6,8-9,11,13-14,23H,7,10,12H2,1H3,(H,26,27,28). The third-order valence-corrected chi connectivity index (χ3v) is 4.32. The van der Waals surface area contributed by atoms with Gasteiger partial charge in [-0.15, -0.1) is 0 Å². The lowest BCUT2D eigenvalue weighted by molar-refractivity contribution is 0.668. The van der Waals surface area contributed by atoms with Gasteiger partial charge in [-0.3, -0.25) is 10.1 Å². The zero-order valence-corrected chi connectivity index (χ0v) is 15.6. The van der Waals surface area contributed by atoms with Crippen LogP contribution in [0.4, 0.5) is 0 Å². The van der Waals surface area contributed by atoms with E-state index in [1.807, 2.05) is 36.7 Å². The Bertz CT molecular complexity index is 1030. The fourth-order valence-corrected chi connectivity index (χ4v) is 2.86. The maximum Gasteiger partial charge on any atom is 0.181 e. The molecule has 7 heteroatoms. The van der Waals surface area contributed by atoms with Gasteiger partial charge in [0.15, 0.2) is 11.6 Å². The molecule has 0 amide bonds. The smallest absolute Gasteiger partial charge is 0.181 e. The molecule has 0 atom stereocenters. The van der Waals surface area contributed by atoms with Gasteiger partial charge in [-0.1, -0.05) is 23.8 Å². The van der Waals surface area contributed by atoms with Crippen LogP contribution in [-0.2, 0) is 13.0 Å². The number of nitrogens with one attached hydrogen (secondary N) is 2. The molecule has 0 saturated heterocycles. The minimum atomic E-state index is 0.692. The fourth-order valence-electron chi connectivity index (χ4n) is 2.86. The Balaban J connectivity index is 1.27. The third kappa shape index (κ3) is 4.44. The predicted molar refractivity (Wildman–Crippen MR) is 107 cm³/mol. The Morgan fingerprint density at radius 2 is 1.79 bits per heavy atom. The van der Waals surface area contributed by atoms with Crippen LogP contribution in [0.5, 0.6) is 0 Å². The highest BCUT2D eigenvalue weighted by Gasteiger charge is 2.06. The summed E-state index contributed by atoms with van der Waals surface area (Å²) >= 11 is 0. The van der Waals surface area contributed by atoms with E-state index in [0.29, 0.717) is 12.4 Å². The maximum absolute atomic E-state index is 4.52. The van der Waals surface area contributed by atoms with Gasteiger partial charge >= 0.3 is 0 Å². The lowest BCUT2D eigenvalue weighted by Crippen LogP contribution is -2.17. The second-order valence-corrected chi connectivity index (χ2v) is 6.55. The average molecular weight is 371 g/mol. The topological polar surface area (TPSA) is 92.3 Å². The molecule has 0 fully saturated rings. The number of nitrogens with zero attached hydrogens (tertiary/aromatic N) is 5. The van der Waals surface area contributed by atoms with E-state index in [0.717, 1.165) is 41.3 Å². The Hall–Kier alpha value is -3.45. The molecule has 0 aliphatic carbocycles. The molecular weight excluding hydrogens is 350 g/mol. The van der Waals surface area contributed by atoms with E-state index in [2.05, 4.69) is 54.5 Å². The molecule has 28 heavy (non-hydrogen) atoms. The van der Waals surface area contributed by atoms with E-state index in [1.54, 1.807) is 12.4 Å². The summed E-state index contributed by atoms with van der Waals surface area (Å²) in [5, 5.41) is 10.6. The fraction of sp³-hybridized carbons (Fsp3) is 0.190. The van der Waals surface area contributed by atoms with E-state index in [1.165, 1.54) is 5.56 Å². The van der Waals surface area contributed by atoms with Crippen molar-refractivity contribution in [1.29, 1.82) is 0 Å². The van der Waals surface area contributed by atoms with Gasteiger partial charge in [-0.25, -0.2) is 15.0 Å². The van der Waals surface area contributed by atoms with E-state index in [-0.39, 0.29) is 0 Å². The second kappa shape index (κ2) is 8.49. The Kier molecular flexibility index (Phi) is 5.44. The summed E-state index contributed by atoms with van der Waals surface area (Å²) in [4.78, 5) is 17.5. The van der Waals surface area contributed by atoms with Gasteiger partial charge in [-0.05, 0) is 25.1 Å². The summed E-state index contributed by atoms with van der Waals surface area (Å²) < 4.78 is 0. The number of hydrogen-bond acceptors (Lipinski definition) is 6. The number of benzene rings is 1. The SMILES string of the molecule is Cc1cccc(-c2ncc(CNCCc3nc(-c4ccncc4)n[nH]3)cn2)c1. The van der Waals surface area contributed by atoms with Gasteiger partial charge < -0.3 is 5.32 Å². The van der Waals surface area contributed by atoms with Crippen LogP contribution in [-0.4, -0.2) is 36.7 Å². The summed E-state index contributed by atoms with van der Waals surface area (Å²) in [5.74, 6) is 2.29. The molecule has 2 N–H and O–H groups in total. The van der Waals surface area contributed by atoms with E-state index in [4.69, 9.17) is 0 Å². The summed E-state index contributed by atoms with van der Waals surface area (Å²) in [6.45, 7) is 3.56. The monoisotopic (exact) mass is 371 g/mol. The number of aryl methyl sites for hydroxylation is 1. The second-order valence-electron chi connectivity index (χ2n) is 6.55. The van der Waals surface area contributed by atoms with Crippen molar-refractivity contribution < 1.29 is 0 Å². The number of aromatic amines is 1. The number of pyridine rings is 1. The molecule has 0 spiro atoms. The molecule has 3 heterocycles. The molecule has 7 nitrogen and oxygen atoms in total. The zero-order valence-electron chi connectivity index (χ0n) is 15.6. The van der Waals surface area contributed by atoms with Crippen LogP contribution >= 0.6 is 0 Å². The highest BCUT2D eigenvalue weighted by Crippen LogP contribution is 2.15. The molecule has 0 aliphatic rings. The van der Waals surface area contributed by atoms with Crippen LogP contribution in [0.25, 0.3) is 22.8 Å². The van der Waals surface area contributed by atoms with Crippen molar-refractivity contribution in [3.8, 4) is 22.8 Å². The van der Waals surface area contributed by atoms with Crippen molar-refractivity contribution in [3.63, 3.8) is 0 Å². The van der Waals surface area contributed by atoms with Crippen LogP contribution in [0.15, 0.2) is 61.2 Å².